The highest BCUT2D eigenvalue weighted by molar-refractivity contribution is 5.68. The molecule has 1 unspecified atom stereocenters. The molecule has 1 aliphatic rings. The molecule has 7 heteroatoms. The fourth-order valence-corrected chi connectivity index (χ4v) is 2.35. The summed E-state index contributed by atoms with van der Waals surface area (Å²) in [5.74, 6) is 2.75. The topological polar surface area (TPSA) is 79.0 Å². The summed E-state index contributed by atoms with van der Waals surface area (Å²) in [5.41, 5.74) is 0.650. The van der Waals surface area contributed by atoms with Gasteiger partial charge in [0, 0.05) is 30.5 Å². The highest BCUT2D eigenvalue weighted by Gasteiger charge is 2.21. The van der Waals surface area contributed by atoms with Crippen LogP contribution >= 0.6 is 0 Å². The zero-order chi connectivity index (χ0) is 16.2. The monoisotopic (exact) mass is 315 g/mol. The maximum atomic E-state index is 5.40. The van der Waals surface area contributed by atoms with E-state index in [4.69, 9.17) is 18.7 Å². The van der Waals surface area contributed by atoms with E-state index < -0.39 is 0 Å². The van der Waals surface area contributed by atoms with Gasteiger partial charge in [0.25, 0.3) is 5.89 Å². The molecule has 7 nitrogen and oxygen atoms in total. The smallest absolute Gasteiger partial charge is 0.261 e. The Morgan fingerprint density at radius 3 is 2.43 bits per heavy atom. The quantitative estimate of drug-likeness (QED) is 0.844. The molecule has 23 heavy (non-hydrogen) atoms. The third-order valence-electron chi connectivity index (χ3n) is 3.58. The molecule has 0 saturated heterocycles. The minimum absolute atomic E-state index is 0.0659. The van der Waals surface area contributed by atoms with Crippen LogP contribution in [0.1, 0.15) is 18.2 Å². The summed E-state index contributed by atoms with van der Waals surface area (Å²) in [4.78, 5) is 8.52. The van der Waals surface area contributed by atoms with Gasteiger partial charge in [0.1, 0.15) is 5.75 Å². The van der Waals surface area contributed by atoms with Gasteiger partial charge >= 0.3 is 0 Å². The van der Waals surface area contributed by atoms with Gasteiger partial charge in [0.2, 0.25) is 0 Å². The lowest BCUT2D eigenvalue weighted by molar-refractivity contribution is 0.348. The zero-order valence-corrected chi connectivity index (χ0v) is 13.1. The van der Waals surface area contributed by atoms with Gasteiger partial charge in [-0.15, -0.1) is 0 Å². The SMILES string of the molecule is COc1cc(OC)c(-c2nc(C3C=CN=CC3)no2)cc1OC. The van der Waals surface area contributed by atoms with Crippen LogP contribution < -0.4 is 14.2 Å². The number of hydrogen-bond donors (Lipinski definition) is 0. The summed E-state index contributed by atoms with van der Waals surface area (Å²) in [6, 6.07) is 3.48. The Morgan fingerprint density at radius 2 is 1.78 bits per heavy atom. The van der Waals surface area contributed by atoms with Crippen LogP contribution in [0, 0.1) is 0 Å². The summed E-state index contributed by atoms with van der Waals surface area (Å²) < 4.78 is 21.4. The number of benzene rings is 1. The molecule has 0 fully saturated rings. The molecule has 1 aromatic heterocycles. The average Bonchev–Trinajstić information content (AvgIpc) is 3.11. The predicted molar refractivity (Wildman–Crippen MR) is 84.4 cm³/mol. The molecule has 0 bridgehead atoms. The van der Waals surface area contributed by atoms with Crippen molar-refractivity contribution in [3.63, 3.8) is 0 Å². The second kappa shape index (κ2) is 6.51. The van der Waals surface area contributed by atoms with Crippen molar-refractivity contribution >= 4 is 6.21 Å². The number of methoxy groups -OCH3 is 3. The molecule has 1 aromatic carbocycles. The largest absolute Gasteiger partial charge is 0.496 e. The van der Waals surface area contributed by atoms with E-state index >= 15 is 0 Å². The molecule has 0 N–H and O–H groups in total. The maximum absolute atomic E-state index is 5.40. The number of hydrogen-bond acceptors (Lipinski definition) is 7. The number of ether oxygens (including phenoxy) is 3. The third-order valence-corrected chi connectivity index (χ3v) is 3.58. The average molecular weight is 315 g/mol. The van der Waals surface area contributed by atoms with Crippen molar-refractivity contribution in [2.45, 2.75) is 12.3 Å². The number of aliphatic imine (C=N–C) groups is 1. The van der Waals surface area contributed by atoms with Crippen molar-refractivity contribution in [2.75, 3.05) is 21.3 Å². The Morgan fingerprint density at radius 1 is 1.04 bits per heavy atom. The molecule has 0 spiro atoms. The van der Waals surface area contributed by atoms with Crippen LogP contribution in [0.2, 0.25) is 0 Å². The summed E-state index contributed by atoms with van der Waals surface area (Å²) in [6.45, 7) is 0. The summed E-state index contributed by atoms with van der Waals surface area (Å²) >= 11 is 0. The van der Waals surface area contributed by atoms with Crippen molar-refractivity contribution in [2.24, 2.45) is 4.99 Å². The van der Waals surface area contributed by atoms with Gasteiger partial charge in [-0.3, -0.25) is 4.99 Å². The Balaban J connectivity index is 1.99. The van der Waals surface area contributed by atoms with E-state index in [1.807, 2.05) is 12.3 Å². The van der Waals surface area contributed by atoms with Gasteiger partial charge in [-0.1, -0.05) is 11.2 Å². The first-order chi connectivity index (χ1) is 11.3. The molecule has 0 amide bonds. The predicted octanol–water partition coefficient (Wildman–Crippen LogP) is 2.83. The lowest BCUT2D eigenvalue weighted by Gasteiger charge is -2.12. The van der Waals surface area contributed by atoms with Crippen molar-refractivity contribution in [1.82, 2.24) is 10.1 Å². The van der Waals surface area contributed by atoms with E-state index in [1.165, 1.54) is 0 Å². The van der Waals surface area contributed by atoms with Crippen LogP contribution in [0.15, 0.2) is 33.9 Å². The van der Waals surface area contributed by atoms with Gasteiger partial charge in [-0.2, -0.15) is 4.98 Å². The first kappa shape index (κ1) is 15.1. The van der Waals surface area contributed by atoms with E-state index in [2.05, 4.69) is 15.1 Å². The molecule has 0 radical (unpaired) electrons. The minimum atomic E-state index is 0.0659. The fourth-order valence-electron chi connectivity index (χ4n) is 2.35. The molecule has 2 heterocycles. The van der Waals surface area contributed by atoms with Crippen LogP contribution in [0.4, 0.5) is 0 Å². The van der Waals surface area contributed by atoms with E-state index in [1.54, 1.807) is 39.7 Å². The van der Waals surface area contributed by atoms with E-state index in [0.29, 0.717) is 34.5 Å². The Hall–Kier alpha value is -2.83. The number of rotatable bonds is 5. The molecule has 2 aromatic rings. The van der Waals surface area contributed by atoms with Gasteiger partial charge in [0.05, 0.1) is 26.9 Å². The van der Waals surface area contributed by atoms with Gasteiger partial charge in [-0.05, 0) is 6.42 Å². The Labute approximate surface area is 133 Å². The molecular weight excluding hydrogens is 298 g/mol. The molecule has 1 atom stereocenters. The molecular formula is C16H17N3O4. The summed E-state index contributed by atoms with van der Waals surface area (Å²) in [7, 11) is 4.71. The number of aromatic nitrogens is 2. The van der Waals surface area contributed by atoms with Crippen LogP contribution in [0.25, 0.3) is 11.5 Å². The van der Waals surface area contributed by atoms with E-state index in [-0.39, 0.29) is 5.92 Å². The Bertz CT molecular complexity index is 752. The maximum Gasteiger partial charge on any atom is 0.261 e. The Kier molecular flexibility index (Phi) is 4.27. The highest BCUT2D eigenvalue weighted by Crippen LogP contribution is 2.39. The first-order valence-electron chi connectivity index (χ1n) is 7.09. The second-order valence-electron chi connectivity index (χ2n) is 4.88. The highest BCUT2D eigenvalue weighted by atomic mass is 16.5. The van der Waals surface area contributed by atoms with Crippen LogP contribution in [-0.2, 0) is 0 Å². The van der Waals surface area contributed by atoms with E-state index in [9.17, 15) is 0 Å². The second-order valence-corrected chi connectivity index (χ2v) is 4.88. The lowest BCUT2D eigenvalue weighted by atomic mass is 10.0. The molecule has 1 aliphatic heterocycles. The van der Waals surface area contributed by atoms with E-state index in [0.717, 1.165) is 6.42 Å². The minimum Gasteiger partial charge on any atom is -0.496 e. The van der Waals surface area contributed by atoms with Crippen molar-refractivity contribution in [3.05, 3.63) is 30.2 Å². The fraction of sp³-hybridized carbons (Fsp3) is 0.312. The third kappa shape index (κ3) is 2.90. The standard InChI is InChI=1S/C16H17N3O4/c1-20-12-9-14(22-3)13(21-2)8-11(12)16-18-15(19-23-16)10-4-6-17-7-5-10/h4,6-10H,5H2,1-3H3. The number of nitrogens with zero attached hydrogens (tertiary/aromatic N) is 3. The van der Waals surface area contributed by atoms with Crippen molar-refractivity contribution in [1.29, 1.82) is 0 Å². The van der Waals surface area contributed by atoms with Crippen molar-refractivity contribution < 1.29 is 18.7 Å². The van der Waals surface area contributed by atoms with Crippen molar-refractivity contribution in [3.8, 4) is 28.7 Å². The van der Waals surface area contributed by atoms with Crippen LogP contribution in [0.3, 0.4) is 0 Å². The van der Waals surface area contributed by atoms with Gasteiger partial charge < -0.3 is 18.7 Å². The summed E-state index contributed by atoms with van der Waals surface area (Å²) in [6.07, 6.45) is 6.26. The van der Waals surface area contributed by atoms with Gasteiger partial charge in [-0.25, -0.2) is 0 Å². The molecule has 0 aliphatic carbocycles. The van der Waals surface area contributed by atoms with Crippen LogP contribution in [-0.4, -0.2) is 37.7 Å². The van der Waals surface area contributed by atoms with Gasteiger partial charge in [0.15, 0.2) is 17.3 Å². The molecule has 120 valence electrons. The molecule has 3 rings (SSSR count). The first-order valence-corrected chi connectivity index (χ1v) is 7.09. The zero-order valence-electron chi connectivity index (χ0n) is 13.1. The lowest BCUT2D eigenvalue weighted by Crippen LogP contribution is -2.01. The summed E-state index contributed by atoms with van der Waals surface area (Å²) in [5, 5.41) is 4.06. The van der Waals surface area contributed by atoms with Crippen LogP contribution in [0.5, 0.6) is 17.2 Å². The number of allylic oxidation sites excluding steroid dienone is 1. The molecule has 0 saturated carbocycles. The normalized spacial score (nSPS) is 16.4.